The van der Waals surface area contributed by atoms with Gasteiger partial charge in [-0.3, -0.25) is 9.69 Å². The van der Waals surface area contributed by atoms with Gasteiger partial charge in [-0.25, -0.2) is 14.6 Å². The maximum absolute atomic E-state index is 12.9. The maximum atomic E-state index is 12.9. The first-order valence-electron chi connectivity index (χ1n) is 7.92. The molecule has 0 N–H and O–H groups in total. The number of anilines is 1. The van der Waals surface area contributed by atoms with Gasteiger partial charge in [0.1, 0.15) is 19.2 Å². The van der Waals surface area contributed by atoms with Crippen molar-refractivity contribution in [2.75, 3.05) is 4.90 Å². The Morgan fingerprint density at radius 1 is 1.19 bits per heavy atom. The molecule has 8 heteroatoms. The van der Waals surface area contributed by atoms with E-state index in [1.807, 2.05) is 42.5 Å². The quantitative estimate of drug-likeness (QED) is 0.526. The molecule has 4 rings (SSSR count). The van der Waals surface area contributed by atoms with Gasteiger partial charge in [-0.05, 0) is 23.8 Å². The Kier molecular flexibility index (Phi) is 4.64. The standard InChI is InChI=1S/C18H14ClN5OS/c19-14-6-7-15-16(8-14)26-18(22-15)24(9-13-4-2-1-3-5-13)17(25)10-23-12-20-11-21-23/h1-8,11-12H,9-10H2. The van der Waals surface area contributed by atoms with E-state index in [9.17, 15) is 4.79 Å². The van der Waals surface area contributed by atoms with E-state index in [-0.39, 0.29) is 12.5 Å². The van der Waals surface area contributed by atoms with Crippen LogP contribution in [0.4, 0.5) is 5.13 Å². The van der Waals surface area contributed by atoms with Gasteiger partial charge < -0.3 is 0 Å². The van der Waals surface area contributed by atoms with Crippen molar-refractivity contribution in [1.82, 2.24) is 19.7 Å². The van der Waals surface area contributed by atoms with Gasteiger partial charge in [0, 0.05) is 5.02 Å². The summed E-state index contributed by atoms with van der Waals surface area (Å²) in [7, 11) is 0. The highest BCUT2D eigenvalue weighted by Gasteiger charge is 2.21. The first-order valence-corrected chi connectivity index (χ1v) is 9.11. The van der Waals surface area contributed by atoms with Gasteiger partial charge in [-0.2, -0.15) is 5.10 Å². The molecule has 0 radical (unpaired) electrons. The predicted molar refractivity (Wildman–Crippen MR) is 102 cm³/mol. The summed E-state index contributed by atoms with van der Waals surface area (Å²) in [5.74, 6) is -0.107. The van der Waals surface area contributed by atoms with Crippen molar-refractivity contribution in [1.29, 1.82) is 0 Å². The average Bonchev–Trinajstić information content (AvgIpc) is 3.29. The van der Waals surface area contributed by atoms with Crippen LogP contribution in [0, 0.1) is 0 Å². The molecule has 2 aromatic heterocycles. The smallest absolute Gasteiger partial charge is 0.250 e. The van der Waals surface area contributed by atoms with E-state index in [4.69, 9.17) is 11.6 Å². The molecule has 6 nitrogen and oxygen atoms in total. The summed E-state index contributed by atoms with van der Waals surface area (Å²) in [4.78, 5) is 23.1. The van der Waals surface area contributed by atoms with Crippen LogP contribution in [0.25, 0.3) is 10.2 Å². The SMILES string of the molecule is O=C(Cn1cncn1)N(Cc1ccccc1)c1nc2ccc(Cl)cc2s1. The molecule has 0 fully saturated rings. The largest absolute Gasteiger partial charge is 0.282 e. The summed E-state index contributed by atoms with van der Waals surface area (Å²) in [5, 5.41) is 5.30. The van der Waals surface area contributed by atoms with Crippen LogP contribution in [-0.2, 0) is 17.9 Å². The topological polar surface area (TPSA) is 63.9 Å². The number of hydrogen-bond acceptors (Lipinski definition) is 5. The van der Waals surface area contributed by atoms with Gasteiger partial charge in [0.15, 0.2) is 5.13 Å². The fraction of sp³-hybridized carbons (Fsp3) is 0.111. The Morgan fingerprint density at radius 2 is 2.04 bits per heavy atom. The van der Waals surface area contributed by atoms with Gasteiger partial charge in [-0.15, -0.1) is 0 Å². The number of hydrogen-bond donors (Lipinski definition) is 0. The highest BCUT2D eigenvalue weighted by molar-refractivity contribution is 7.22. The fourth-order valence-corrected chi connectivity index (χ4v) is 3.83. The molecule has 2 heterocycles. The molecule has 1 amide bonds. The lowest BCUT2D eigenvalue weighted by Gasteiger charge is -2.20. The van der Waals surface area contributed by atoms with E-state index < -0.39 is 0 Å². The van der Waals surface area contributed by atoms with Crippen LogP contribution < -0.4 is 4.90 Å². The molecular formula is C18H14ClN5OS. The number of thiazole rings is 1. The van der Waals surface area contributed by atoms with Gasteiger partial charge in [0.2, 0.25) is 0 Å². The van der Waals surface area contributed by atoms with E-state index >= 15 is 0 Å². The second kappa shape index (κ2) is 7.23. The molecule has 0 saturated heterocycles. The third-order valence-corrected chi connectivity index (χ3v) is 5.09. The summed E-state index contributed by atoms with van der Waals surface area (Å²) in [6.07, 6.45) is 2.94. The molecule has 0 saturated carbocycles. The number of carbonyl (C=O) groups excluding carboxylic acids is 1. The van der Waals surface area contributed by atoms with Gasteiger partial charge in [-0.1, -0.05) is 53.3 Å². The molecule has 4 aromatic rings. The number of fused-ring (bicyclic) bond motifs is 1. The molecule has 0 aliphatic rings. The Balaban J connectivity index is 1.69. The third-order valence-electron chi connectivity index (χ3n) is 3.82. The minimum atomic E-state index is -0.107. The van der Waals surface area contributed by atoms with Crippen molar-refractivity contribution in [2.45, 2.75) is 13.1 Å². The molecule has 0 aliphatic carbocycles. The van der Waals surface area contributed by atoms with Crippen molar-refractivity contribution >= 4 is 44.2 Å². The first kappa shape index (κ1) is 16.7. The molecule has 0 aliphatic heterocycles. The second-order valence-corrected chi connectivity index (χ2v) is 7.11. The van der Waals surface area contributed by atoms with Crippen LogP contribution >= 0.6 is 22.9 Å². The highest BCUT2D eigenvalue weighted by atomic mass is 35.5. The van der Waals surface area contributed by atoms with Crippen molar-refractivity contribution in [3.8, 4) is 0 Å². The molecule has 0 spiro atoms. The van der Waals surface area contributed by atoms with Crippen molar-refractivity contribution in [2.24, 2.45) is 0 Å². The van der Waals surface area contributed by atoms with Crippen LogP contribution in [0.2, 0.25) is 5.02 Å². The first-order chi connectivity index (χ1) is 12.7. The summed E-state index contributed by atoms with van der Waals surface area (Å²) in [5.41, 5.74) is 1.85. The average molecular weight is 384 g/mol. The van der Waals surface area contributed by atoms with Gasteiger partial charge >= 0.3 is 0 Å². The summed E-state index contributed by atoms with van der Waals surface area (Å²) < 4.78 is 2.45. The zero-order chi connectivity index (χ0) is 17.9. The van der Waals surface area contributed by atoms with Gasteiger partial charge in [0.25, 0.3) is 5.91 Å². The maximum Gasteiger partial charge on any atom is 0.250 e. The molecular weight excluding hydrogens is 370 g/mol. The summed E-state index contributed by atoms with van der Waals surface area (Å²) in [6, 6.07) is 15.3. The lowest BCUT2D eigenvalue weighted by atomic mass is 10.2. The van der Waals surface area contributed by atoms with E-state index in [1.165, 1.54) is 28.7 Å². The normalized spacial score (nSPS) is 11.0. The number of rotatable bonds is 5. The van der Waals surface area contributed by atoms with Crippen molar-refractivity contribution in [3.05, 3.63) is 71.8 Å². The van der Waals surface area contributed by atoms with E-state index in [0.717, 1.165) is 15.8 Å². The molecule has 0 bridgehead atoms. The monoisotopic (exact) mass is 383 g/mol. The summed E-state index contributed by atoms with van der Waals surface area (Å²) >= 11 is 7.52. The number of carbonyl (C=O) groups is 1. The molecule has 0 atom stereocenters. The van der Waals surface area contributed by atoms with E-state index in [1.54, 1.807) is 11.0 Å². The lowest BCUT2D eigenvalue weighted by Crippen LogP contribution is -2.33. The Bertz CT molecular complexity index is 1030. The molecule has 2 aromatic carbocycles. The zero-order valence-corrected chi connectivity index (χ0v) is 15.2. The Morgan fingerprint density at radius 3 is 2.81 bits per heavy atom. The predicted octanol–water partition coefficient (Wildman–Crippen LogP) is 3.77. The summed E-state index contributed by atoms with van der Waals surface area (Å²) in [6.45, 7) is 0.533. The molecule has 26 heavy (non-hydrogen) atoms. The van der Waals surface area contributed by atoms with E-state index in [2.05, 4.69) is 15.1 Å². The van der Waals surface area contributed by atoms with Crippen molar-refractivity contribution < 1.29 is 4.79 Å². The number of benzene rings is 2. The van der Waals surface area contributed by atoms with Gasteiger partial charge in [0.05, 0.1) is 16.8 Å². The lowest BCUT2D eigenvalue weighted by molar-refractivity contribution is -0.119. The number of amides is 1. The number of halogens is 1. The number of aromatic nitrogens is 4. The van der Waals surface area contributed by atoms with E-state index in [0.29, 0.717) is 16.7 Å². The Labute approximate surface area is 158 Å². The van der Waals surface area contributed by atoms with Crippen molar-refractivity contribution in [3.63, 3.8) is 0 Å². The number of nitrogens with zero attached hydrogens (tertiary/aromatic N) is 5. The fourth-order valence-electron chi connectivity index (χ4n) is 2.57. The second-order valence-electron chi connectivity index (χ2n) is 5.67. The van der Waals surface area contributed by atoms with Crippen LogP contribution in [0.1, 0.15) is 5.56 Å². The van der Waals surface area contributed by atoms with Crippen LogP contribution in [-0.4, -0.2) is 25.7 Å². The minimum Gasteiger partial charge on any atom is -0.282 e. The van der Waals surface area contributed by atoms with Crippen LogP contribution in [0.15, 0.2) is 61.2 Å². The minimum absolute atomic E-state index is 0.101. The van der Waals surface area contributed by atoms with Crippen LogP contribution in [0.5, 0.6) is 0 Å². The molecule has 130 valence electrons. The Hall–Kier alpha value is -2.77. The molecule has 0 unspecified atom stereocenters. The zero-order valence-electron chi connectivity index (χ0n) is 13.6. The third kappa shape index (κ3) is 3.58. The highest BCUT2D eigenvalue weighted by Crippen LogP contribution is 2.31. The van der Waals surface area contributed by atoms with Crippen LogP contribution in [0.3, 0.4) is 0 Å².